The van der Waals surface area contributed by atoms with Gasteiger partial charge in [-0.15, -0.1) is 0 Å². The van der Waals surface area contributed by atoms with Crippen LogP contribution in [0.5, 0.6) is 0 Å². The molecule has 0 aromatic heterocycles. The number of benzene rings is 2. The molecule has 1 aliphatic heterocycles. The molecule has 0 spiro atoms. The van der Waals surface area contributed by atoms with Crippen molar-refractivity contribution in [2.75, 3.05) is 22.1 Å². The molecule has 1 heterocycles. The summed E-state index contributed by atoms with van der Waals surface area (Å²) < 4.78 is 0. The summed E-state index contributed by atoms with van der Waals surface area (Å²) in [7, 11) is 0. The summed E-state index contributed by atoms with van der Waals surface area (Å²) in [5.74, 6) is -0.416. The quantitative estimate of drug-likeness (QED) is 0.776. The van der Waals surface area contributed by atoms with Crippen molar-refractivity contribution in [3.8, 4) is 0 Å². The summed E-state index contributed by atoms with van der Waals surface area (Å²) >= 11 is 0. The first-order valence-corrected chi connectivity index (χ1v) is 8.78. The number of nitrogens with zero attached hydrogens (tertiary/aromatic N) is 1. The highest BCUT2D eigenvalue weighted by atomic mass is 16.2. The van der Waals surface area contributed by atoms with Crippen LogP contribution in [0.15, 0.2) is 48.5 Å². The van der Waals surface area contributed by atoms with Crippen molar-refractivity contribution in [3.05, 3.63) is 54.1 Å². The predicted molar refractivity (Wildman–Crippen MR) is 105 cm³/mol. The molecule has 7 heteroatoms. The van der Waals surface area contributed by atoms with Crippen LogP contribution in [-0.2, 0) is 16.0 Å². The lowest BCUT2D eigenvalue weighted by molar-refractivity contribution is -0.120. The molecule has 27 heavy (non-hydrogen) atoms. The molecule has 0 aliphatic carbocycles. The lowest BCUT2D eigenvalue weighted by atomic mass is 10.1. The van der Waals surface area contributed by atoms with Crippen LogP contribution in [0.1, 0.15) is 19.4 Å². The van der Waals surface area contributed by atoms with Crippen LogP contribution in [-0.4, -0.2) is 30.4 Å². The number of imide groups is 1. The number of rotatable bonds is 4. The lowest BCUT2D eigenvalue weighted by Gasteiger charge is -2.17. The summed E-state index contributed by atoms with van der Waals surface area (Å²) in [6.07, 6.45) is 0.782. The number of para-hydroxylation sites is 1. The number of carbonyl (C=O) groups is 3. The third-order valence-electron chi connectivity index (χ3n) is 4.40. The van der Waals surface area contributed by atoms with Crippen molar-refractivity contribution >= 4 is 34.9 Å². The largest absolute Gasteiger partial charge is 0.374 e. The number of anilines is 3. The topological polar surface area (TPSA) is 90.5 Å². The van der Waals surface area contributed by atoms with Crippen molar-refractivity contribution in [3.63, 3.8) is 0 Å². The van der Waals surface area contributed by atoms with E-state index in [1.165, 1.54) is 0 Å². The van der Waals surface area contributed by atoms with Crippen molar-refractivity contribution in [2.45, 2.75) is 26.3 Å². The van der Waals surface area contributed by atoms with E-state index >= 15 is 0 Å². The molecule has 0 fully saturated rings. The zero-order chi connectivity index (χ0) is 19.4. The van der Waals surface area contributed by atoms with Gasteiger partial charge in [0.1, 0.15) is 6.04 Å². The fourth-order valence-corrected chi connectivity index (χ4v) is 3.04. The van der Waals surface area contributed by atoms with Gasteiger partial charge in [0.25, 0.3) is 0 Å². The third-order valence-corrected chi connectivity index (χ3v) is 4.40. The van der Waals surface area contributed by atoms with Crippen molar-refractivity contribution in [2.24, 2.45) is 0 Å². The van der Waals surface area contributed by atoms with Crippen LogP contribution >= 0.6 is 0 Å². The van der Waals surface area contributed by atoms with Crippen LogP contribution < -0.4 is 20.9 Å². The number of hydrogen-bond donors (Lipinski definition) is 3. The van der Waals surface area contributed by atoms with Gasteiger partial charge in [0.05, 0.1) is 0 Å². The minimum atomic E-state index is -0.602. The van der Waals surface area contributed by atoms with Gasteiger partial charge in [0.15, 0.2) is 0 Å². The lowest BCUT2D eigenvalue weighted by Crippen LogP contribution is -2.42. The van der Waals surface area contributed by atoms with Gasteiger partial charge in [-0.05, 0) is 49.2 Å². The van der Waals surface area contributed by atoms with E-state index in [1.807, 2.05) is 24.3 Å². The van der Waals surface area contributed by atoms with E-state index in [0.29, 0.717) is 12.2 Å². The van der Waals surface area contributed by atoms with Gasteiger partial charge in [-0.1, -0.05) is 18.2 Å². The molecule has 0 bridgehead atoms. The molecule has 0 unspecified atom stereocenters. The Kier molecular flexibility index (Phi) is 5.40. The summed E-state index contributed by atoms with van der Waals surface area (Å²) in [6, 6.07) is 13.4. The van der Waals surface area contributed by atoms with Crippen LogP contribution in [0.2, 0.25) is 0 Å². The summed E-state index contributed by atoms with van der Waals surface area (Å²) in [6.45, 7) is 3.90. The molecule has 2 aromatic carbocycles. The second-order valence-electron chi connectivity index (χ2n) is 6.44. The van der Waals surface area contributed by atoms with Crippen molar-refractivity contribution < 1.29 is 14.4 Å². The molecule has 7 nitrogen and oxygen atoms in total. The van der Waals surface area contributed by atoms with Gasteiger partial charge in [-0.25, -0.2) is 4.79 Å². The Balaban J connectivity index is 1.57. The first kappa shape index (κ1) is 18.4. The van der Waals surface area contributed by atoms with Gasteiger partial charge in [-0.3, -0.25) is 14.9 Å². The zero-order valence-electron chi connectivity index (χ0n) is 15.3. The van der Waals surface area contributed by atoms with Crippen LogP contribution in [0, 0.1) is 0 Å². The van der Waals surface area contributed by atoms with Crippen molar-refractivity contribution in [1.29, 1.82) is 0 Å². The van der Waals surface area contributed by atoms with Gasteiger partial charge in [0, 0.05) is 30.5 Å². The Bertz CT molecular complexity index is 867. The summed E-state index contributed by atoms with van der Waals surface area (Å²) in [5, 5.41) is 8.01. The maximum Gasteiger partial charge on any atom is 0.325 e. The normalized spacial score (nSPS) is 13.5. The molecule has 1 atom stereocenters. The SMILES string of the molecule is CC(=O)N1CCc2cc(N[C@@H](C)C(=O)NC(=O)Nc3ccccc3)ccc21. The molecule has 3 N–H and O–H groups in total. The fraction of sp³-hybridized carbons (Fsp3) is 0.250. The van der Waals surface area contributed by atoms with Crippen LogP contribution in [0.3, 0.4) is 0 Å². The highest BCUT2D eigenvalue weighted by Crippen LogP contribution is 2.30. The smallest absolute Gasteiger partial charge is 0.325 e. The minimum absolute atomic E-state index is 0.0200. The number of fused-ring (bicyclic) bond motifs is 1. The molecule has 0 radical (unpaired) electrons. The van der Waals surface area contributed by atoms with Gasteiger partial charge >= 0.3 is 6.03 Å². The average Bonchev–Trinajstić information content (AvgIpc) is 3.05. The predicted octanol–water partition coefficient (Wildman–Crippen LogP) is 2.74. The van der Waals surface area contributed by atoms with E-state index in [1.54, 1.807) is 43.0 Å². The number of urea groups is 1. The molecule has 4 amide bonds. The van der Waals surface area contributed by atoms with Gasteiger partial charge < -0.3 is 15.5 Å². The Morgan fingerprint density at radius 2 is 1.78 bits per heavy atom. The molecule has 1 aliphatic rings. The summed E-state index contributed by atoms with van der Waals surface area (Å²) in [5.41, 5.74) is 3.35. The number of nitrogens with one attached hydrogen (secondary N) is 3. The van der Waals surface area contributed by atoms with Gasteiger partial charge in [-0.2, -0.15) is 0 Å². The van der Waals surface area contributed by atoms with E-state index in [9.17, 15) is 14.4 Å². The Hall–Kier alpha value is -3.35. The molecule has 0 saturated carbocycles. The van der Waals surface area contributed by atoms with E-state index < -0.39 is 18.0 Å². The molecule has 2 aromatic rings. The second-order valence-corrected chi connectivity index (χ2v) is 6.44. The third kappa shape index (κ3) is 4.44. The van der Waals surface area contributed by atoms with Crippen LogP contribution in [0.25, 0.3) is 0 Å². The van der Waals surface area contributed by atoms with E-state index in [2.05, 4.69) is 16.0 Å². The maximum atomic E-state index is 12.2. The van der Waals surface area contributed by atoms with Gasteiger partial charge in [0.2, 0.25) is 11.8 Å². The highest BCUT2D eigenvalue weighted by Gasteiger charge is 2.23. The maximum absolute atomic E-state index is 12.2. The highest BCUT2D eigenvalue weighted by molar-refractivity contribution is 6.03. The molecule has 140 valence electrons. The number of hydrogen-bond acceptors (Lipinski definition) is 4. The molecular formula is C20H22N4O3. The second kappa shape index (κ2) is 7.90. The van der Waals surface area contributed by atoms with Crippen LogP contribution in [0.4, 0.5) is 21.9 Å². The minimum Gasteiger partial charge on any atom is -0.374 e. The fourth-order valence-electron chi connectivity index (χ4n) is 3.04. The first-order chi connectivity index (χ1) is 12.9. The Morgan fingerprint density at radius 3 is 2.48 bits per heavy atom. The molecular weight excluding hydrogens is 344 g/mol. The van der Waals surface area contributed by atoms with E-state index in [-0.39, 0.29) is 5.91 Å². The molecule has 3 rings (SSSR count). The number of carbonyl (C=O) groups excluding carboxylic acids is 3. The average molecular weight is 366 g/mol. The monoisotopic (exact) mass is 366 g/mol. The summed E-state index contributed by atoms with van der Waals surface area (Å²) in [4.78, 5) is 37.5. The Labute approximate surface area is 157 Å². The Morgan fingerprint density at radius 1 is 1.04 bits per heavy atom. The standard InChI is InChI=1S/C20H22N4O3/c1-13(19(26)23-20(27)22-16-6-4-3-5-7-16)21-17-8-9-18-15(12-17)10-11-24(18)14(2)25/h3-9,12-13,21H,10-11H2,1-2H3,(H2,22,23,26,27)/t13-/m0/s1. The van der Waals surface area contributed by atoms with E-state index in [0.717, 1.165) is 23.4 Å². The van der Waals surface area contributed by atoms with Crippen molar-refractivity contribution in [1.82, 2.24) is 5.32 Å². The zero-order valence-corrected chi connectivity index (χ0v) is 15.3. The van der Waals surface area contributed by atoms with E-state index in [4.69, 9.17) is 0 Å². The number of amides is 4. The molecule has 0 saturated heterocycles. The first-order valence-electron chi connectivity index (χ1n) is 8.78.